The number of aliphatic hydroxyl groups excluding tert-OH is 1. The topological polar surface area (TPSA) is 163 Å². The molecule has 0 aliphatic heterocycles. The number of aliphatic carboxylic acids is 1. The highest BCUT2D eigenvalue weighted by atomic mass is 16.6. The first kappa shape index (κ1) is 28.3. The molecule has 0 spiro atoms. The molecule has 0 radical (unpaired) electrons. The van der Waals surface area contributed by atoms with E-state index >= 15 is 0 Å². The van der Waals surface area contributed by atoms with E-state index in [0.29, 0.717) is 0 Å². The highest BCUT2D eigenvalue weighted by molar-refractivity contribution is 5.75. The molecule has 0 saturated heterocycles. The van der Waals surface area contributed by atoms with Crippen LogP contribution in [-0.2, 0) is 42.9 Å². The lowest BCUT2D eigenvalue weighted by Gasteiger charge is -2.18. The lowest BCUT2D eigenvalue weighted by molar-refractivity contribution is -0.160. The van der Waals surface area contributed by atoms with Gasteiger partial charge < -0.3 is 29.2 Å². The summed E-state index contributed by atoms with van der Waals surface area (Å²) in [5, 5.41) is 17.8. The van der Waals surface area contributed by atoms with Gasteiger partial charge in [0.1, 0.15) is 24.4 Å². The lowest BCUT2D eigenvalue weighted by Crippen LogP contribution is -2.27. The van der Waals surface area contributed by atoms with Crippen molar-refractivity contribution in [2.24, 2.45) is 0 Å². The molecule has 2 N–H and O–H groups in total. The highest BCUT2D eigenvalue weighted by Gasteiger charge is 2.22. The van der Waals surface area contributed by atoms with E-state index in [2.05, 4.69) is 0 Å². The molecular formula is C20H32O11. The van der Waals surface area contributed by atoms with Gasteiger partial charge in [0.25, 0.3) is 0 Å². The highest BCUT2D eigenvalue weighted by Crippen LogP contribution is 2.10. The number of carbonyl (C=O) groups is 5. The summed E-state index contributed by atoms with van der Waals surface area (Å²) in [7, 11) is 0. The molecule has 0 aliphatic rings. The second-order valence-corrected chi connectivity index (χ2v) is 7.47. The Labute approximate surface area is 181 Å². The van der Waals surface area contributed by atoms with Crippen LogP contribution >= 0.6 is 0 Å². The van der Waals surface area contributed by atoms with Crippen LogP contribution in [0.25, 0.3) is 0 Å². The fourth-order valence-corrected chi connectivity index (χ4v) is 2.45. The van der Waals surface area contributed by atoms with E-state index in [4.69, 9.17) is 29.2 Å². The van der Waals surface area contributed by atoms with Crippen LogP contribution in [0.15, 0.2) is 0 Å². The Morgan fingerprint density at radius 2 is 0.806 bits per heavy atom. The van der Waals surface area contributed by atoms with Gasteiger partial charge in [-0.1, -0.05) is 0 Å². The normalized spacial score (nSPS) is 15.5. The molecule has 31 heavy (non-hydrogen) atoms. The van der Waals surface area contributed by atoms with Gasteiger partial charge in [-0.25, -0.2) is 0 Å². The Morgan fingerprint density at radius 3 is 1.06 bits per heavy atom. The number of carboxylic acids is 1. The first-order chi connectivity index (χ1) is 14.3. The molecule has 0 aliphatic carbocycles. The Morgan fingerprint density at radius 1 is 0.548 bits per heavy atom. The smallest absolute Gasteiger partial charge is 0.309 e. The van der Waals surface area contributed by atoms with Crippen LogP contribution in [0.5, 0.6) is 0 Å². The summed E-state index contributed by atoms with van der Waals surface area (Å²) in [6.07, 6.45) is -5.28. The zero-order chi connectivity index (χ0) is 24.1. The van der Waals surface area contributed by atoms with Gasteiger partial charge in [0.15, 0.2) is 0 Å². The van der Waals surface area contributed by atoms with Gasteiger partial charge in [0.2, 0.25) is 0 Å². The van der Waals surface area contributed by atoms with E-state index < -0.39 is 60.4 Å². The molecule has 0 amide bonds. The zero-order valence-electron chi connectivity index (χ0n) is 18.5. The maximum absolute atomic E-state index is 11.9. The van der Waals surface area contributed by atoms with E-state index in [1.165, 1.54) is 34.6 Å². The minimum Gasteiger partial charge on any atom is -0.481 e. The number of esters is 4. The van der Waals surface area contributed by atoms with Crippen LogP contribution in [0.1, 0.15) is 66.7 Å². The zero-order valence-corrected chi connectivity index (χ0v) is 18.5. The largest absolute Gasteiger partial charge is 0.481 e. The molecule has 0 aromatic heterocycles. The van der Waals surface area contributed by atoms with Crippen molar-refractivity contribution in [2.75, 3.05) is 0 Å². The van der Waals surface area contributed by atoms with Crippen LogP contribution in [0.2, 0.25) is 0 Å². The van der Waals surface area contributed by atoms with E-state index in [1.54, 1.807) is 0 Å². The molecule has 11 heteroatoms. The van der Waals surface area contributed by atoms with Crippen molar-refractivity contribution in [1.82, 2.24) is 0 Å². The summed E-state index contributed by atoms with van der Waals surface area (Å²) >= 11 is 0. The number of hydrogen-bond donors (Lipinski definition) is 2. The van der Waals surface area contributed by atoms with Crippen LogP contribution < -0.4 is 0 Å². The van der Waals surface area contributed by atoms with Gasteiger partial charge in [-0.3, -0.25) is 24.0 Å². The monoisotopic (exact) mass is 448 g/mol. The average Bonchev–Trinajstić information content (AvgIpc) is 2.50. The molecule has 0 heterocycles. The standard InChI is InChI=1S/C20H32O11/c1-11(21)6-17(24)29-13(3)8-19(26)31-15(5)10-20(27)30-14(4)9-18(25)28-12(2)7-16(22)23/h11-15,21H,6-10H2,1-5H3,(H,22,23)/t11-,12-,13-,14-,15-/m1/s1. The third-order valence-electron chi connectivity index (χ3n) is 3.62. The van der Waals surface area contributed by atoms with Crippen LogP contribution in [0.3, 0.4) is 0 Å². The van der Waals surface area contributed by atoms with Crippen molar-refractivity contribution < 1.29 is 53.1 Å². The molecular weight excluding hydrogens is 416 g/mol. The number of rotatable bonds is 14. The predicted molar refractivity (Wildman–Crippen MR) is 105 cm³/mol. The molecule has 0 aromatic rings. The number of carboxylic acid groups (broad SMARTS) is 1. The fraction of sp³-hybridized carbons (Fsp3) is 0.750. The minimum atomic E-state index is -1.10. The second-order valence-electron chi connectivity index (χ2n) is 7.47. The van der Waals surface area contributed by atoms with Gasteiger partial charge in [-0.15, -0.1) is 0 Å². The molecule has 0 fully saturated rings. The van der Waals surface area contributed by atoms with Crippen LogP contribution in [0.4, 0.5) is 0 Å². The fourth-order valence-electron chi connectivity index (χ4n) is 2.45. The van der Waals surface area contributed by atoms with Crippen molar-refractivity contribution in [3.63, 3.8) is 0 Å². The molecule has 178 valence electrons. The Balaban J connectivity index is 4.24. The van der Waals surface area contributed by atoms with Crippen LogP contribution in [-0.4, -0.2) is 70.6 Å². The van der Waals surface area contributed by atoms with Gasteiger partial charge in [-0.2, -0.15) is 0 Å². The van der Waals surface area contributed by atoms with Gasteiger partial charge in [0, 0.05) is 0 Å². The summed E-state index contributed by atoms with van der Waals surface area (Å²) < 4.78 is 20.0. The Hall–Kier alpha value is -2.69. The molecule has 0 bridgehead atoms. The summed E-state index contributed by atoms with van der Waals surface area (Å²) in [6, 6.07) is 0. The lowest BCUT2D eigenvalue weighted by atomic mass is 10.2. The van der Waals surface area contributed by atoms with E-state index in [9.17, 15) is 24.0 Å². The third kappa shape index (κ3) is 15.8. The summed E-state index contributed by atoms with van der Waals surface area (Å²) in [6.45, 7) is 7.33. The number of aliphatic hydroxyl groups is 1. The molecule has 11 nitrogen and oxygen atoms in total. The summed E-state index contributed by atoms with van der Waals surface area (Å²) in [4.78, 5) is 57.5. The van der Waals surface area contributed by atoms with E-state index in [1.807, 2.05) is 0 Å². The number of ether oxygens (including phenoxy) is 4. The quantitative estimate of drug-likeness (QED) is 0.289. The van der Waals surface area contributed by atoms with Crippen LogP contribution in [0, 0.1) is 0 Å². The Kier molecular flexibility index (Phi) is 13.1. The first-order valence-corrected chi connectivity index (χ1v) is 9.96. The third-order valence-corrected chi connectivity index (χ3v) is 3.62. The van der Waals surface area contributed by atoms with E-state index in [-0.39, 0.29) is 32.1 Å². The second kappa shape index (κ2) is 14.3. The molecule has 5 atom stereocenters. The predicted octanol–water partition coefficient (Wildman–Crippen LogP) is 1.13. The molecule has 0 saturated carbocycles. The number of hydrogen-bond acceptors (Lipinski definition) is 10. The van der Waals surface area contributed by atoms with Crippen molar-refractivity contribution in [3.8, 4) is 0 Å². The molecule has 0 aromatic carbocycles. The van der Waals surface area contributed by atoms with Gasteiger partial charge in [0.05, 0.1) is 38.2 Å². The maximum atomic E-state index is 11.9. The SMILES string of the molecule is C[C@H](CC(=O)O)OC(=O)C[C@@H](C)OC(=O)C[C@@H](C)OC(=O)C[C@@H](C)OC(=O)C[C@@H](C)O. The van der Waals surface area contributed by atoms with Crippen molar-refractivity contribution >= 4 is 29.8 Å². The Bertz CT molecular complexity index is 629. The summed E-state index contributed by atoms with van der Waals surface area (Å²) in [5.41, 5.74) is 0. The van der Waals surface area contributed by atoms with Crippen molar-refractivity contribution in [3.05, 3.63) is 0 Å². The molecule has 0 unspecified atom stereocenters. The molecule has 0 rings (SSSR count). The minimum absolute atomic E-state index is 0.189. The average molecular weight is 448 g/mol. The van der Waals surface area contributed by atoms with Crippen molar-refractivity contribution in [1.29, 1.82) is 0 Å². The van der Waals surface area contributed by atoms with Gasteiger partial charge >= 0.3 is 29.8 Å². The first-order valence-electron chi connectivity index (χ1n) is 9.96. The van der Waals surface area contributed by atoms with E-state index in [0.717, 1.165) is 0 Å². The number of carbonyl (C=O) groups excluding carboxylic acids is 4. The van der Waals surface area contributed by atoms with Crippen molar-refractivity contribution in [2.45, 2.75) is 97.2 Å². The summed E-state index contributed by atoms with van der Waals surface area (Å²) in [5.74, 6) is -3.82. The maximum Gasteiger partial charge on any atom is 0.309 e. The van der Waals surface area contributed by atoms with Gasteiger partial charge in [-0.05, 0) is 34.6 Å².